The van der Waals surface area contributed by atoms with Gasteiger partial charge in [-0.05, 0) is 55.4 Å². The molecule has 0 bridgehead atoms. The zero-order chi connectivity index (χ0) is 18.6. The first-order valence-corrected chi connectivity index (χ1v) is 9.59. The van der Waals surface area contributed by atoms with Crippen molar-refractivity contribution in [3.8, 4) is 5.75 Å². The average molecular weight is 363 g/mol. The fraction of sp³-hybridized carbons (Fsp3) is 0.364. The molecule has 2 heterocycles. The molecule has 0 radical (unpaired) electrons. The van der Waals surface area contributed by atoms with Crippen molar-refractivity contribution in [3.63, 3.8) is 0 Å². The van der Waals surface area contributed by atoms with Crippen LogP contribution in [0.2, 0.25) is 0 Å². The number of amides is 1. The molecule has 5 nitrogen and oxygen atoms in total. The Bertz CT molecular complexity index is 909. The average Bonchev–Trinajstić information content (AvgIpc) is 3.21. The minimum atomic E-state index is 0.110. The first-order valence-electron chi connectivity index (χ1n) is 9.59. The van der Waals surface area contributed by atoms with Crippen LogP contribution in [0.1, 0.15) is 35.2 Å². The number of aromatic amines is 1. The SMILES string of the molecule is COc1ccc(CCC2CCN(C(=O)c3cccc4cn[nH]c34)CC2)cc1. The number of carbonyl (C=O) groups is 1. The molecule has 2 aromatic carbocycles. The van der Waals surface area contributed by atoms with Crippen LogP contribution in [0.5, 0.6) is 5.75 Å². The van der Waals surface area contributed by atoms with Gasteiger partial charge in [0.2, 0.25) is 0 Å². The molecular weight excluding hydrogens is 338 g/mol. The second kappa shape index (κ2) is 7.82. The lowest BCUT2D eigenvalue weighted by Crippen LogP contribution is -2.38. The quantitative estimate of drug-likeness (QED) is 0.744. The fourth-order valence-corrected chi connectivity index (χ4v) is 3.91. The van der Waals surface area contributed by atoms with Gasteiger partial charge in [-0.3, -0.25) is 9.89 Å². The summed E-state index contributed by atoms with van der Waals surface area (Å²) in [5.74, 6) is 1.69. The van der Waals surface area contributed by atoms with Gasteiger partial charge in [0.05, 0.1) is 24.4 Å². The van der Waals surface area contributed by atoms with Crippen molar-refractivity contribution in [2.75, 3.05) is 20.2 Å². The maximum Gasteiger partial charge on any atom is 0.256 e. The van der Waals surface area contributed by atoms with E-state index in [-0.39, 0.29) is 5.91 Å². The number of H-pyrrole nitrogens is 1. The van der Waals surface area contributed by atoms with E-state index in [1.54, 1.807) is 13.3 Å². The molecule has 27 heavy (non-hydrogen) atoms. The summed E-state index contributed by atoms with van der Waals surface area (Å²) in [6, 6.07) is 14.1. The van der Waals surface area contributed by atoms with Gasteiger partial charge in [0, 0.05) is 18.5 Å². The third kappa shape index (κ3) is 3.82. The zero-order valence-corrected chi connectivity index (χ0v) is 15.6. The second-order valence-electron chi connectivity index (χ2n) is 7.26. The van der Waals surface area contributed by atoms with Crippen molar-refractivity contribution in [1.82, 2.24) is 15.1 Å². The lowest BCUT2D eigenvalue weighted by Gasteiger charge is -2.32. The Kier molecular flexibility index (Phi) is 5.10. The van der Waals surface area contributed by atoms with Gasteiger partial charge in [0.15, 0.2) is 0 Å². The van der Waals surface area contributed by atoms with Crippen LogP contribution in [-0.4, -0.2) is 41.2 Å². The number of benzene rings is 2. The maximum absolute atomic E-state index is 12.9. The Morgan fingerprint density at radius 1 is 1.19 bits per heavy atom. The molecule has 0 aliphatic carbocycles. The number of hydrogen-bond donors (Lipinski definition) is 1. The molecule has 1 fully saturated rings. The predicted molar refractivity (Wildman–Crippen MR) is 106 cm³/mol. The number of aryl methyl sites for hydroxylation is 1. The number of methoxy groups -OCH3 is 1. The van der Waals surface area contributed by atoms with E-state index >= 15 is 0 Å². The molecule has 0 saturated carbocycles. The zero-order valence-electron chi connectivity index (χ0n) is 15.6. The summed E-state index contributed by atoms with van der Waals surface area (Å²) in [5.41, 5.74) is 2.91. The van der Waals surface area contributed by atoms with Crippen molar-refractivity contribution in [2.24, 2.45) is 5.92 Å². The van der Waals surface area contributed by atoms with Crippen molar-refractivity contribution in [1.29, 1.82) is 0 Å². The molecule has 1 aromatic heterocycles. The lowest BCUT2D eigenvalue weighted by atomic mass is 9.90. The normalized spacial score (nSPS) is 15.2. The smallest absolute Gasteiger partial charge is 0.256 e. The van der Waals surface area contributed by atoms with E-state index in [2.05, 4.69) is 22.3 Å². The lowest BCUT2D eigenvalue weighted by molar-refractivity contribution is 0.0688. The molecule has 140 valence electrons. The highest BCUT2D eigenvalue weighted by Gasteiger charge is 2.24. The minimum absolute atomic E-state index is 0.110. The summed E-state index contributed by atoms with van der Waals surface area (Å²) < 4.78 is 5.21. The van der Waals surface area contributed by atoms with Crippen LogP contribution < -0.4 is 4.74 Å². The number of likely N-dealkylation sites (tertiary alicyclic amines) is 1. The van der Waals surface area contributed by atoms with Gasteiger partial charge >= 0.3 is 0 Å². The molecule has 1 saturated heterocycles. The maximum atomic E-state index is 12.9. The van der Waals surface area contributed by atoms with E-state index in [0.717, 1.165) is 54.6 Å². The molecule has 4 rings (SSSR count). The number of ether oxygens (including phenoxy) is 1. The first-order chi connectivity index (χ1) is 13.2. The van der Waals surface area contributed by atoms with Crippen molar-refractivity contribution < 1.29 is 9.53 Å². The highest BCUT2D eigenvalue weighted by molar-refractivity contribution is 6.05. The molecule has 5 heteroatoms. The van der Waals surface area contributed by atoms with Crippen LogP contribution in [-0.2, 0) is 6.42 Å². The summed E-state index contributed by atoms with van der Waals surface area (Å²) in [4.78, 5) is 14.9. The molecule has 1 N–H and O–H groups in total. The van der Waals surface area contributed by atoms with Crippen molar-refractivity contribution in [3.05, 3.63) is 59.8 Å². The summed E-state index contributed by atoms with van der Waals surface area (Å²) >= 11 is 0. The van der Waals surface area contributed by atoms with Gasteiger partial charge in [-0.2, -0.15) is 5.10 Å². The monoisotopic (exact) mass is 363 g/mol. The molecular formula is C22H25N3O2. The molecule has 0 unspecified atom stereocenters. The van der Waals surface area contributed by atoms with Crippen LogP contribution in [0.3, 0.4) is 0 Å². The number of fused-ring (bicyclic) bond motifs is 1. The standard InChI is InChI=1S/C22H25N3O2/c1-27-19-9-7-16(8-10-19)5-6-17-11-13-25(14-12-17)22(26)20-4-2-3-18-15-23-24-21(18)20/h2-4,7-10,15,17H,5-6,11-14H2,1H3,(H,23,24). The highest BCUT2D eigenvalue weighted by atomic mass is 16.5. The summed E-state index contributed by atoms with van der Waals surface area (Å²) in [5, 5.41) is 8.00. The van der Waals surface area contributed by atoms with Gasteiger partial charge in [-0.25, -0.2) is 0 Å². The predicted octanol–water partition coefficient (Wildman–Crippen LogP) is 4.06. The Labute approximate surface area is 159 Å². The van der Waals surface area contributed by atoms with Crippen molar-refractivity contribution >= 4 is 16.8 Å². The molecule has 0 spiro atoms. The van der Waals surface area contributed by atoms with E-state index in [0.29, 0.717) is 5.92 Å². The molecule has 0 atom stereocenters. The third-order valence-corrected chi connectivity index (χ3v) is 5.61. The Balaban J connectivity index is 1.32. The number of aromatic nitrogens is 2. The van der Waals surface area contributed by atoms with Gasteiger partial charge in [0.1, 0.15) is 5.75 Å². The van der Waals surface area contributed by atoms with Crippen LogP contribution in [0, 0.1) is 5.92 Å². The summed E-state index contributed by atoms with van der Waals surface area (Å²) in [6.07, 6.45) is 6.15. The van der Waals surface area contributed by atoms with E-state index in [9.17, 15) is 4.79 Å². The Morgan fingerprint density at radius 2 is 1.96 bits per heavy atom. The van der Waals surface area contributed by atoms with Gasteiger partial charge in [0.25, 0.3) is 5.91 Å². The van der Waals surface area contributed by atoms with Crippen LogP contribution >= 0.6 is 0 Å². The van der Waals surface area contributed by atoms with E-state index in [4.69, 9.17) is 4.74 Å². The fourth-order valence-electron chi connectivity index (χ4n) is 3.91. The van der Waals surface area contributed by atoms with E-state index < -0.39 is 0 Å². The number of hydrogen-bond acceptors (Lipinski definition) is 3. The molecule has 1 amide bonds. The number of para-hydroxylation sites is 1. The topological polar surface area (TPSA) is 58.2 Å². The summed E-state index contributed by atoms with van der Waals surface area (Å²) in [7, 11) is 1.69. The van der Waals surface area contributed by atoms with E-state index in [1.807, 2.05) is 35.2 Å². The number of carbonyl (C=O) groups excluding carboxylic acids is 1. The van der Waals surface area contributed by atoms with Crippen molar-refractivity contribution in [2.45, 2.75) is 25.7 Å². The number of rotatable bonds is 5. The van der Waals surface area contributed by atoms with Crippen LogP contribution in [0.4, 0.5) is 0 Å². The van der Waals surface area contributed by atoms with Crippen LogP contribution in [0.15, 0.2) is 48.7 Å². The Hall–Kier alpha value is -2.82. The number of piperidine rings is 1. The molecule has 1 aliphatic rings. The van der Waals surface area contributed by atoms with Gasteiger partial charge in [-0.1, -0.05) is 24.3 Å². The first kappa shape index (κ1) is 17.6. The molecule has 3 aromatic rings. The number of nitrogens with one attached hydrogen (secondary N) is 1. The highest BCUT2D eigenvalue weighted by Crippen LogP contribution is 2.25. The Morgan fingerprint density at radius 3 is 2.70 bits per heavy atom. The molecule has 1 aliphatic heterocycles. The second-order valence-corrected chi connectivity index (χ2v) is 7.26. The van der Waals surface area contributed by atoms with Gasteiger partial charge < -0.3 is 9.64 Å². The third-order valence-electron chi connectivity index (χ3n) is 5.61. The number of nitrogens with zero attached hydrogens (tertiary/aromatic N) is 2. The van der Waals surface area contributed by atoms with Gasteiger partial charge in [-0.15, -0.1) is 0 Å². The largest absolute Gasteiger partial charge is 0.497 e. The minimum Gasteiger partial charge on any atom is -0.497 e. The van der Waals surface area contributed by atoms with E-state index in [1.165, 1.54) is 12.0 Å². The summed E-state index contributed by atoms with van der Waals surface area (Å²) in [6.45, 7) is 1.66. The van der Waals surface area contributed by atoms with Crippen LogP contribution in [0.25, 0.3) is 10.9 Å².